The van der Waals surface area contributed by atoms with E-state index in [1.165, 1.54) is 27.7 Å². The molecule has 1 N–H and O–H groups in total. The van der Waals surface area contributed by atoms with E-state index in [4.69, 9.17) is 47.4 Å². The zero-order chi connectivity index (χ0) is 56.9. The molecule has 2 heterocycles. The highest BCUT2D eigenvalue weighted by molar-refractivity contribution is 5.84. The van der Waals surface area contributed by atoms with Crippen molar-refractivity contribution < 1.29 is 80.9 Å². The van der Waals surface area contributed by atoms with E-state index in [9.17, 15) is 33.6 Å². The van der Waals surface area contributed by atoms with E-state index in [0.717, 1.165) is 82.8 Å². The Balaban J connectivity index is 1.11. The van der Waals surface area contributed by atoms with Crippen molar-refractivity contribution in [3.63, 3.8) is 0 Å². The van der Waals surface area contributed by atoms with Crippen LogP contribution in [0.15, 0.2) is 42.5 Å². The minimum absolute atomic E-state index is 0.0259. The highest BCUT2D eigenvalue weighted by Crippen LogP contribution is 2.78. The van der Waals surface area contributed by atoms with Crippen molar-refractivity contribution in [3.05, 3.63) is 48.0 Å². The van der Waals surface area contributed by atoms with Gasteiger partial charge in [-0.2, -0.15) is 0 Å². The monoisotopic (exact) mass is 1090 g/mol. The van der Waals surface area contributed by atoms with E-state index in [-0.39, 0.29) is 59.0 Å². The van der Waals surface area contributed by atoms with Crippen molar-refractivity contribution in [1.29, 1.82) is 0 Å². The van der Waals surface area contributed by atoms with E-state index in [0.29, 0.717) is 18.9 Å². The number of amides is 1. The molecule has 0 aromatic heterocycles. The molecule has 5 aliphatic carbocycles. The molecule has 0 radical (unpaired) electrons. The molecular formula is C60H85NO17. The molecule has 2 saturated heterocycles. The van der Waals surface area contributed by atoms with E-state index < -0.39 is 108 Å². The molecule has 7 aliphatic rings. The number of hydrogen-bond acceptors (Lipinski definition) is 17. The van der Waals surface area contributed by atoms with E-state index in [2.05, 4.69) is 58.6 Å². The minimum Gasteiger partial charge on any atom is -0.465 e. The van der Waals surface area contributed by atoms with Gasteiger partial charge in [-0.25, -0.2) is 0 Å². The summed E-state index contributed by atoms with van der Waals surface area (Å²) in [7, 11) is 0. The Hall–Kier alpha value is -4.91. The number of allylic oxidation sites excluding steroid dienone is 1. The maximum atomic E-state index is 14.8. The molecule has 0 spiro atoms. The van der Waals surface area contributed by atoms with Crippen LogP contribution in [0, 0.1) is 56.7 Å². The van der Waals surface area contributed by atoms with Gasteiger partial charge in [-0.05, 0) is 129 Å². The lowest BCUT2D eigenvalue weighted by Gasteiger charge is -2.73. The van der Waals surface area contributed by atoms with Gasteiger partial charge in [-0.3, -0.25) is 33.6 Å². The number of ether oxygens (including phenoxy) is 10. The second kappa shape index (κ2) is 22.9. The van der Waals surface area contributed by atoms with Crippen molar-refractivity contribution in [1.82, 2.24) is 5.32 Å². The SMILES string of the molecule is C=C(C)[C@@H]1CC[C@]2(C(=O)NCc3ccccc3)CC[C@]3(C)C(CCC4[C@@]5(C)CC[C@H](O[C@@H]6OC[C@H](OC(C)=O)[C@H](OC(C)=O)[C@H]6O[C@@H]6O[C@@H](C)[C@H](OC(C)=O)[C@@H](OC(C)=O)[C@H]6OC(C)=O)[C@@](C)(COC(C)=O)C5CC[C@]43C)C12. The first kappa shape index (κ1) is 59.2. The van der Waals surface area contributed by atoms with Crippen LogP contribution in [-0.2, 0) is 87.5 Å². The van der Waals surface area contributed by atoms with Gasteiger partial charge in [0.2, 0.25) is 5.91 Å². The molecule has 18 heteroatoms. The summed E-state index contributed by atoms with van der Waals surface area (Å²) < 4.78 is 61.3. The summed E-state index contributed by atoms with van der Waals surface area (Å²) >= 11 is 0. The van der Waals surface area contributed by atoms with Crippen molar-refractivity contribution in [3.8, 4) is 0 Å². The predicted octanol–water partition coefficient (Wildman–Crippen LogP) is 8.03. The molecule has 8 rings (SSSR count). The average Bonchev–Trinajstić information content (AvgIpc) is 2.82. The van der Waals surface area contributed by atoms with Crippen LogP contribution < -0.4 is 5.32 Å². The third kappa shape index (κ3) is 11.0. The molecule has 5 saturated carbocycles. The highest BCUT2D eigenvalue weighted by Gasteiger charge is 2.73. The number of esters is 6. The molecule has 1 aromatic carbocycles. The third-order valence-electron chi connectivity index (χ3n) is 20.4. The van der Waals surface area contributed by atoms with Crippen LogP contribution in [-0.4, -0.2) is 116 Å². The molecule has 20 atom stereocenters. The Bertz CT molecular complexity index is 2450. The molecule has 2 aliphatic heterocycles. The van der Waals surface area contributed by atoms with Gasteiger partial charge in [0.25, 0.3) is 0 Å². The van der Waals surface area contributed by atoms with Crippen molar-refractivity contribution in [2.45, 2.75) is 215 Å². The fourth-order valence-electron chi connectivity index (χ4n) is 17.0. The molecule has 0 bridgehead atoms. The number of carbonyl (C=O) groups excluding carboxylic acids is 7. The van der Waals surface area contributed by atoms with Crippen LogP contribution >= 0.6 is 0 Å². The van der Waals surface area contributed by atoms with Gasteiger partial charge in [0, 0.05) is 53.5 Å². The van der Waals surface area contributed by atoms with Gasteiger partial charge in [0.05, 0.1) is 30.8 Å². The Labute approximate surface area is 459 Å². The van der Waals surface area contributed by atoms with Crippen LogP contribution in [0.4, 0.5) is 0 Å². The molecule has 78 heavy (non-hydrogen) atoms. The van der Waals surface area contributed by atoms with Crippen LogP contribution in [0.2, 0.25) is 0 Å². The topological polar surface area (TPSA) is 224 Å². The predicted molar refractivity (Wildman–Crippen MR) is 280 cm³/mol. The van der Waals surface area contributed by atoms with Crippen molar-refractivity contribution in [2.24, 2.45) is 56.7 Å². The minimum atomic E-state index is -1.59. The summed E-state index contributed by atoms with van der Waals surface area (Å²) in [5, 5.41) is 3.41. The molecule has 7 fully saturated rings. The molecule has 1 amide bonds. The quantitative estimate of drug-likeness (QED) is 0.0759. The highest BCUT2D eigenvalue weighted by atomic mass is 16.8. The zero-order valence-corrected chi connectivity index (χ0v) is 47.9. The molecule has 18 nitrogen and oxygen atoms in total. The summed E-state index contributed by atoms with van der Waals surface area (Å²) in [6.45, 7) is 25.3. The first-order chi connectivity index (χ1) is 36.7. The summed E-state index contributed by atoms with van der Waals surface area (Å²) in [6, 6.07) is 10.1. The summed E-state index contributed by atoms with van der Waals surface area (Å²) in [4.78, 5) is 91.0. The van der Waals surface area contributed by atoms with Crippen LogP contribution in [0.1, 0.15) is 153 Å². The fourth-order valence-corrected chi connectivity index (χ4v) is 17.0. The second-order valence-electron chi connectivity index (χ2n) is 24.9. The number of rotatable bonds is 15. The first-order valence-corrected chi connectivity index (χ1v) is 28.2. The molecule has 1 aromatic rings. The Morgan fingerprint density at radius 1 is 0.615 bits per heavy atom. The van der Waals surface area contributed by atoms with Gasteiger partial charge in [-0.1, -0.05) is 70.2 Å². The maximum absolute atomic E-state index is 14.8. The van der Waals surface area contributed by atoms with Crippen LogP contribution in [0.5, 0.6) is 0 Å². The van der Waals surface area contributed by atoms with Gasteiger partial charge < -0.3 is 52.7 Å². The van der Waals surface area contributed by atoms with E-state index in [1.54, 1.807) is 6.92 Å². The zero-order valence-electron chi connectivity index (χ0n) is 47.9. The molecule has 432 valence electrons. The van der Waals surface area contributed by atoms with Crippen LogP contribution in [0.3, 0.4) is 0 Å². The number of hydrogen-bond donors (Lipinski definition) is 1. The summed E-state index contributed by atoms with van der Waals surface area (Å²) in [5.74, 6) is -3.03. The van der Waals surface area contributed by atoms with E-state index in [1.807, 2.05) is 18.2 Å². The smallest absolute Gasteiger partial charge is 0.303 e. The Kier molecular flexibility index (Phi) is 17.4. The molecular weight excluding hydrogens is 1010 g/mol. The van der Waals surface area contributed by atoms with E-state index >= 15 is 0 Å². The lowest BCUT2D eigenvalue weighted by Crippen LogP contribution is -2.69. The van der Waals surface area contributed by atoms with Gasteiger partial charge in [0.1, 0.15) is 0 Å². The average molecular weight is 1090 g/mol. The normalized spacial score (nSPS) is 41.7. The largest absolute Gasteiger partial charge is 0.465 e. The Morgan fingerprint density at radius 3 is 1.87 bits per heavy atom. The Morgan fingerprint density at radius 2 is 1.24 bits per heavy atom. The molecule has 4 unspecified atom stereocenters. The van der Waals surface area contributed by atoms with Crippen LogP contribution in [0.25, 0.3) is 0 Å². The summed E-state index contributed by atoms with van der Waals surface area (Å²) in [6.07, 6.45) is -4.40. The van der Waals surface area contributed by atoms with Gasteiger partial charge in [-0.15, -0.1) is 0 Å². The summed E-state index contributed by atoms with van der Waals surface area (Å²) in [5.41, 5.74) is 0.501. The van der Waals surface area contributed by atoms with Crippen molar-refractivity contribution in [2.75, 3.05) is 13.2 Å². The second-order valence-corrected chi connectivity index (χ2v) is 24.9. The van der Waals surface area contributed by atoms with Crippen molar-refractivity contribution >= 4 is 41.7 Å². The maximum Gasteiger partial charge on any atom is 0.303 e. The number of carbonyl (C=O) groups is 7. The van der Waals surface area contributed by atoms with Gasteiger partial charge in [0.15, 0.2) is 49.2 Å². The third-order valence-corrected chi connectivity index (χ3v) is 20.4. The number of fused-ring (bicyclic) bond motifs is 7. The standard InChI is InChI=1S/C60H85NO17/c1-32(2)41-21-26-60(55(68)61-29-40-17-15-14-16-18-40)28-27-58(12)42(47(41)60)19-20-45-56(10)24-23-46(57(11,31-70-34(4)62)44(56)22-25-59(45,58)13)77-53-51(49(74-37(7)65)43(30-69-53)72-35(5)63)78-54-52(76-39(9)67)50(75-38(8)66)48(33(3)71-54)73-36(6)64/h14-18,33,41-54H,1,19-31H2,2-13H3,(H,61,68)/t33-,41-,42?,43-,44?,45?,46-,47?,48-,49-,50+,51+,52+,53-,54-,56-,57-,58+,59+,60-/m0/s1. The number of benzene rings is 1. The lowest BCUT2D eigenvalue weighted by molar-refractivity contribution is -0.367. The fraction of sp³-hybridized carbons (Fsp3) is 0.750. The first-order valence-electron chi connectivity index (χ1n) is 28.2. The van der Waals surface area contributed by atoms with Gasteiger partial charge >= 0.3 is 35.8 Å². The lowest BCUT2D eigenvalue weighted by atomic mass is 9.32. The number of nitrogens with one attached hydrogen (secondary N) is 1.